The van der Waals surface area contributed by atoms with Crippen molar-refractivity contribution in [1.82, 2.24) is 10.2 Å². The Morgan fingerprint density at radius 2 is 1.93 bits per heavy atom. The molecule has 1 amide bonds. The SMILES string of the molecule is O=C(NC1CCc2ccc(-c3ccccc3Cl)cc21)O[C@@H]1CN2CCC1CC2. The molecule has 3 aliphatic heterocycles. The fraction of sp³-hybridized carbons (Fsp3) is 0.435. The molecule has 0 saturated carbocycles. The minimum absolute atomic E-state index is 0.00558. The van der Waals surface area contributed by atoms with Gasteiger partial charge in [0.25, 0.3) is 0 Å². The van der Waals surface area contributed by atoms with E-state index in [1.54, 1.807) is 0 Å². The number of carbonyl (C=O) groups is 1. The van der Waals surface area contributed by atoms with Gasteiger partial charge in [-0.05, 0) is 73.5 Å². The van der Waals surface area contributed by atoms with Crippen LogP contribution >= 0.6 is 11.6 Å². The largest absolute Gasteiger partial charge is 0.445 e. The maximum atomic E-state index is 12.6. The molecule has 28 heavy (non-hydrogen) atoms. The number of aryl methyl sites for hydroxylation is 1. The summed E-state index contributed by atoms with van der Waals surface area (Å²) >= 11 is 6.38. The van der Waals surface area contributed by atoms with Crippen molar-refractivity contribution in [3.05, 3.63) is 58.6 Å². The van der Waals surface area contributed by atoms with Gasteiger partial charge in [0.2, 0.25) is 0 Å². The van der Waals surface area contributed by atoms with E-state index in [-0.39, 0.29) is 18.2 Å². The first-order valence-corrected chi connectivity index (χ1v) is 10.6. The van der Waals surface area contributed by atoms with E-state index in [4.69, 9.17) is 16.3 Å². The molecule has 0 radical (unpaired) electrons. The molecule has 0 aromatic heterocycles. The summed E-state index contributed by atoms with van der Waals surface area (Å²) < 4.78 is 5.82. The highest BCUT2D eigenvalue weighted by molar-refractivity contribution is 6.33. The molecule has 146 valence electrons. The average Bonchev–Trinajstić information content (AvgIpc) is 3.11. The first kappa shape index (κ1) is 18.0. The van der Waals surface area contributed by atoms with E-state index >= 15 is 0 Å². The van der Waals surface area contributed by atoms with Gasteiger partial charge in [0.1, 0.15) is 6.10 Å². The van der Waals surface area contributed by atoms with Gasteiger partial charge in [-0.2, -0.15) is 0 Å². The summed E-state index contributed by atoms with van der Waals surface area (Å²) in [4.78, 5) is 15.0. The quantitative estimate of drug-likeness (QED) is 0.809. The molecule has 4 nitrogen and oxygen atoms in total. The van der Waals surface area contributed by atoms with Crippen LogP contribution in [-0.2, 0) is 11.2 Å². The Morgan fingerprint density at radius 1 is 1.11 bits per heavy atom. The number of hydrogen-bond donors (Lipinski definition) is 1. The highest BCUT2D eigenvalue weighted by Gasteiger charge is 2.37. The van der Waals surface area contributed by atoms with Crippen LogP contribution in [0.5, 0.6) is 0 Å². The van der Waals surface area contributed by atoms with E-state index in [1.165, 1.54) is 11.1 Å². The number of fused-ring (bicyclic) bond motifs is 4. The molecule has 3 fully saturated rings. The zero-order valence-electron chi connectivity index (χ0n) is 15.9. The average molecular weight is 397 g/mol. The van der Waals surface area contributed by atoms with Gasteiger partial charge in [-0.3, -0.25) is 4.90 Å². The third-order valence-electron chi connectivity index (χ3n) is 6.56. The van der Waals surface area contributed by atoms with E-state index in [1.807, 2.05) is 24.3 Å². The molecular formula is C23H25ClN2O2. The summed E-state index contributed by atoms with van der Waals surface area (Å²) in [5.41, 5.74) is 4.59. The molecule has 1 aliphatic carbocycles. The van der Waals surface area contributed by atoms with Crippen molar-refractivity contribution in [1.29, 1.82) is 0 Å². The number of carbonyl (C=O) groups excluding carboxylic acids is 1. The Kier molecular flexibility index (Phi) is 4.77. The molecule has 3 saturated heterocycles. The van der Waals surface area contributed by atoms with E-state index < -0.39 is 0 Å². The minimum Gasteiger partial charge on any atom is -0.445 e. The van der Waals surface area contributed by atoms with Crippen molar-refractivity contribution < 1.29 is 9.53 Å². The van der Waals surface area contributed by atoms with E-state index in [0.29, 0.717) is 5.92 Å². The first-order valence-electron chi connectivity index (χ1n) is 10.2. The Bertz CT molecular complexity index is 892. The number of nitrogens with one attached hydrogen (secondary N) is 1. The predicted molar refractivity (Wildman–Crippen MR) is 111 cm³/mol. The summed E-state index contributed by atoms with van der Waals surface area (Å²) in [6.45, 7) is 3.18. The van der Waals surface area contributed by atoms with Crippen LogP contribution in [0.15, 0.2) is 42.5 Å². The van der Waals surface area contributed by atoms with Crippen LogP contribution in [0.2, 0.25) is 5.02 Å². The van der Waals surface area contributed by atoms with Crippen LogP contribution in [0.3, 0.4) is 0 Å². The van der Waals surface area contributed by atoms with Crippen LogP contribution in [-0.4, -0.2) is 36.7 Å². The lowest BCUT2D eigenvalue weighted by atomic mass is 9.86. The number of benzene rings is 2. The van der Waals surface area contributed by atoms with Crippen LogP contribution in [0.1, 0.15) is 36.4 Å². The van der Waals surface area contributed by atoms with Gasteiger partial charge >= 0.3 is 6.09 Å². The normalized spacial score (nSPS) is 28.0. The fourth-order valence-electron chi connectivity index (χ4n) is 4.97. The number of nitrogens with zero attached hydrogens (tertiary/aromatic N) is 1. The van der Waals surface area contributed by atoms with Crippen LogP contribution in [0, 0.1) is 5.92 Å². The number of alkyl carbamates (subject to hydrolysis) is 1. The number of amides is 1. The van der Waals surface area contributed by atoms with Gasteiger partial charge in [0.05, 0.1) is 6.04 Å². The van der Waals surface area contributed by atoms with Crippen LogP contribution in [0.4, 0.5) is 4.79 Å². The molecule has 5 heteroatoms. The van der Waals surface area contributed by atoms with Crippen molar-refractivity contribution in [2.24, 2.45) is 5.92 Å². The van der Waals surface area contributed by atoms with E-state index in [9.17, 15) is 4.79 Å². The second-order valence-electron chi connectivity index (χ2n) is 8.21. The molecule has 2 bridgehead atoms. The van der Waals surface area contributed by atoms with Gasteiger partial charge < -0.3 is 10.1 Å². The highest BCUT2D eigenvalue weighted by Crippen LogP contribution is 2.36. The highest BCUT2D eigenvalue weighted by atomic mass is 35.5. The van der Waals surface area contributed by atoms with Crippen LogP contribution < -0.4 is 5.32 Å². The number of ether oxygens (including phenoxy) is 1. The lowest BCUT2D eigenvalue weighted by Gasteiger charge is -2.43. The van der Waals surface area contributed by atoms with Crippen molar-refractivity contribution in [3.8, 4) is 11.1 Å². The second kappa shape index (κ2) is 7.41. The summed E-state index contributed by atoms with van der Waals surface area (Å²) in [6, 6.07) is 14.3. The van der Waals surface area contributed by atoms with Gasteiger partial charge in [0.15, 0.2) is 0 Å². The molecule has 1 unspecified atom stereocenters. The Hall–Kier alpha value is -2.04. The zero-order valence-corrected chi connectivity index (χ0v) is 16.6. The molecule has 2 atom stereocenters. The minimum atomic E-state index is -0.278. The Labute approximate surface area is 170 Å². The van der Waals surface area contributed by atoms with Gasteiger partial charge in [-0.1, -0.05) is 41.9 Å². The van der Waals surface area contributed by atoms with E-state index in [2.05, 4.69) is 28.4 Å². The fourth-order valence-corrected chi connectivity index (χ4v) is 5.22. The van der Waals surface area contributed by atoms with E-state index in [0.717, 1.165) is 61.5 Å². The van der Waals surface area contributed by atoms with Crippen molar-refractivity contribution in [3.63, 3.8) is 0 Å². The van der Waals surface area contributed by atoms with Gasteiger partial charge in [0, 0.05) is 17.1 Å². The van der Waals surface area contributed by atoms with Gasteiger partial charge in [-0.15, -0.1) is 0 Å². The van der Waals surface area contributed by atoms with Crippen molar-refractivity contribution >= 4 is 17.7 Å². The number of halogens is 1. The summed E-state index contributed by atoms with van der Waals surface area (Å²) in [5, 5.41) is 3.86. The topological polar surface area (TPSA) is 41.6 Å². The van der Waals surface area contributed by atoms with Crippen LogP contribution in [0.25, 0.3) is 11.1 Å². The zero-order chi connectivity index (χ0) is 19.1. The number of rotatable bonds is 3. The molecule has 3 heterocycles. The summed E-state index contributed by atoms with van der Waals surface area (Å²) in [7, 11) is 0. The molecule has 0 spiro atoms. The third-order valence-corrected chi connectivity index (χ3v) is 6.88. The third kappa shape index (κ3) is 3.40. The van der Waals surface area contributed by atoms with Gasteiger partial charge in [-0.25, -0.2) is 4.79 Å². The predicted octanol–water partition coefficient (Wildman–Crippen LogP) is 4.81. The molecule has 4 aliphatic rings. The maximum Gasteiger partial charge on any atom is 0.407 e. The maximum absolute atomic E-state index is 12.6. The first-order chi connectivity index (χ1) is 13.7. The number of hydrogen-bond acceptors (Lipinski definition) is 3. The Morgan fingerprint density at radius 3 is 2.68 bits per heavy atom. The molecule has 6 rings (SSSR count). The molecule has 2 aromatic rings. The molecular weight excluding hydrogens is 372 g/mol. The lowest BCUT2D eigenvalue weighted by Crippen LogP contribution is -2.52. The molecule has 1 N–H and O–H groups in total. The number of piperidine rings is 3. The smallest absolute Gasteiger partial charge is 0.407 e. The van der Waals surface area contributed by atoms with Crippen molar-refractivity contribution in [2.45, 2.75) is 37.8 Å². The Balaban J connectivity index is 1.30. The van der Waals surface area contributed by atoms with Crippen molar-refractivity contribution in [2.75, 3.05) is 19.6 Å². The standard InChI is InChI=1S/C23H25ClN2O2/c24-20-4-2-1-3-18(20)17-6-5-15-7-8-21(19(15)13-17)25-23(27)28-22-14-26-11-9-16(22)10-12-26/h1-6,13,16,21-22H,7-12,14H2,(H,25,27)/t21?,22-/m1/s1. The molecule has 2 aromatic carbocycles. The second-order valence-corrected chi connectivity index (χ2v) is 8.62. The summed E-state index contributed by atoms with van der Waals surface area (Å²) in [5.74, 6) is 0.526. The summed E-state index contributed by atoms with van der Waals surface area (Å²) in [6.07, 6.45) is 3.94. The lowest BCUT2D eigenvalue weighted by molar-refractivity contribution is -0.0339. The monoisotopic (exact) mass is 396 g/mol.